The molecule has 36 heavy (non-hydrogen) atoms. The summed E-state index contributed by atoms with van der Waals surface area (Å²) in [5, 5.41) is 5.59. The molecule has 0 spiro atoms. The Balaban J connectivity index is 1.40. The van der Waals surface area contributed by atoms with E-state index in [-0.39, 0.29) is 30.2 Å². The first kappa shape index (κ1) is 21.7. The van der Waals surface area contributed by atoms with Gasteiger partial charge >= 0.3 is 6.03 Å². The monoisotopic (exact) mass is 484 g/mol. The lowest BCUT2D eigenvalue weighted by atomic mass is 9.95. The quantitative estimate of drug-likeness (QED) is 0.373. The van der Waals surface area contributed by atoms with E-state index < -0.39 is 17.5 Å². The van der Waals surface area contributed by atoms with Crippen LogP contribution in [0.2, 0.25) is 0 Å². The third kappa shape index (κ3) is 3.26. The van der Waals surface area contributed by atoms with E-state index in [9.17, 15) is 19.2 Å². The van der Waals surface area contributed by atoms with Crippen LogP contribution in [-0.2, 0) is 16.9 Å². The summed E-state index contributed by atoms with van der Waals surface area (Å²) in [6, 6.07) is 12.9. The summed E-state index contributed by atoms with van der Waals surface area (Å²) < 4.78 is 11.3. The predicted octanol–water partition coefficient (Wildman–Crippen LogP) is 2.49. The number of carbonyl (C=O) groups is 3. The molecule has 0 unspecified atom stereocenters. The van der Waals surface area contributed by atoms with Crippen LogP contribution in [0.1, 0.15) is 21.7 Å². The molecule has 2 aliphatic rings. The smallest absolute Gasteiger partial charge is 0.322 e. The first-order valence-electron chi connectivity index (χ1n) is 11.2. The number of nitrogens with zero attached hydrogens (tertiary/aromatic N) is 1. The summed E-state index contributed by atoms with van der Waals surface area (Å²) in [7, 11) is 1.52. The Bertz CT molecular complexity index is 1640. The van der Waals surface area contributed by atoms with Crippen molar-refractivity contribution in [1.82, 2.24) is 20.5 Å². The summed E-state index contributed by atoms with van der Waals surface area (Å²) in [6.07, 6.45) is 3.17. The van der Waals surface area contributed by atoms with Crippen LogP contribution in [0.25, 0.3) is 22.1 Å². The van der Waals surface area contributed by atoms with Crippen LogP contribution in [0.4, 0.5) is 4.79 Å². The van der Waals surface area contributed by atoms with E-state index >= 15 is 0 Å². The van der Waals surface area contributed by atoms with Gasteiger partial charge in [0.05, 0.1) is 13.7 Å². The highest BCUT2D eigenvalue weighted by Gasteiger charge is 2.53. The molecule has 3 N–H and O–H groups in total. The largest absolute Gasteiger partial charge is 0.497 e. The van der Waals surface area contributed by atoms with Crippen LogP contribution in [0, 0.1) is 0 Å². The van der Waals surface area contributed by atoms with Gasteiger partial charge in [-0.15, -0.1) is 0 Å². The van der Waals surface area contributed by atoms with E-state index in [1.165, 1.54) is 18.1 Å². The Hall–Kier alpha value is -4.86. The van der Waals surface area contributed by atoms with Gasteiger partial charge in [0, 0.05) is 41.5 Å². The second kappa shape index (κ2) is 7.84. The Morgan fingerprint density at radius 1 is 1.03 bits per heavy atom. The molecule has 1 fully saturated rings. The molecule has 2 aromatic heterocycles. The summed E-state index contributed by atoms with van der Waals surface area (Å²) >= 11 is 0. The molecule has 1 saturated heterocycles. The maximum atomic E-state index is 13.2. The number of amides is 4. The third-order valence-electron chi connectivity index (χ3n) is 6.64. The van der Waals surface area contributed by atoms with Crippen molar-refractivity contribution in [3.05, 3.63) is 88.0 Å². The molecule has 0 aliphatic carbocycles. The second-order valence-electron chi connectivity index (χ2n) is 8.78. The number of ether oxygens (including phenoxy) is 1. The number of furan rings is 1. The predicted molar refractivity (Wildman–Crippen MR) is 128 cm³/mol. The van der Waals surface area contributed by atoms with Crippen molar-refractivity contribution in [3.8, 4) is 16.9 Å². The lowest BCUT2D eigenvalue weighted by Crippen LogP contribution is -2.52. The van der Waals surface area contributed by atoms with Gasteiger partial charge in [-0.2, -0.15) is 0 Å². The second-order valence-corrected chi connectivity index (χ2v) is 8.78. The molecule has 2 aliphatic heterocycles. The van der Waals surface area contributed by atoms with Crippen LogP contribution >= 0.6 is 0 Å². The third-order valence-corrected chi connectivity index (χ3v) is 6.64. The van der Waals surface area contributed by atoms with Gasteiger partial charge in [-0.25, -0.2) is 4.79 Å². The number of aromatic amines is 1. The molecule has 0 saturated carbocycles. The van der Waals surface area contributed by atoms with Gasteiger partial charge in [-0.1, -0.05) is 12.1 Å². The maximum absolute atomic E-state index is 13.2. The van der Waals surface area contributed by atoms with Crippen LogP contribution in [0.15, 0.2) is 70.1 Å². The highest BCUT2D eigenvalue weighted by Crippen LogP contribution is 2.35. The van der Waals surface area contributed by atoms with Gasteiger partial charge in [0.1, 0.15) is 17.1 Å². The minimum absolute atomic E-state index is 0.133. The number of pyridine rings is 1. The number of carbonyl (C=O) groups excluding carboxylic acids is 3. The average molecular weight is 484 g/mol. The van der Waals surface area contributed by atoms with Gasteiger partial charge in [0.15, 0.2) is 11.0 Å². The molecule has 180 valence electrons. The fourth-order valence-electron chi connectivity index (χ4n) is 4.80. The van der Waals surface area contributed by atoms with Crippen molar-refractivity contribution in [3.63, 3.8) is 0 Å². The molecule has 1 atom stereocenters. The average Bonchev–Trinajstić information content (AvgIpc) is 3.52. The van der Waals surface area contributed by atoms with E-state index in [2.05, 4.69) is 15.6 Å². The van der Waals surface area contributed by atoms with Crippen LogP contribution in [0.3, 0.4) is 0 Å². The molecule has 4 amide bonds. The van der Waals surface area contributed by atoms with Crippen molar-refractivity contribution < 1.29 is 23.5 Å². The number of aromatic nitrogens is 1. The van der Waals surface area contributed by atoms with E-state index in [1.54, 1.807) is 54.9 Å². The lowest BCUT2D eigenvalue weighted by molar-refractivity contribution is -0.125. The van der Waals surface area contributed by atoms with E-state index in [0.29, 0.717) is 33.4 Å². The number of H-pyrrole nitrogens is 1. The fraction of sp³-hybridized carbons (Fsp3) is 0.154. The van der Waals surface area contributed by atoms with Crippen molar-refractivity contribution in [1.29, 1.82) is 0 Å². The molecule has 10 nitrogen and oxygen atoms in total. The molecule has 4 heterocycles. The number of imide groups is 1. The van der Waals surface area contributed by atoms with E-state index in [0.717, 1.165) is 5.56 Å². The Kier molecular flexibility index (Phi) is 4.72. The van der Waals surface area contributed by atoms with Gasteiger partial charge in [-0.05, 0) is 41.5 Å². The molecule has 4 aromatic rings. The number of hydrogen-bond acceptors (Lipinski definition) is 6. The van der Waals surface area contributed by atoms with Crippen molar-refractivity contribution >= 4 is 28.8 Å². The van der Waals surface area contributed by atoms with Gasteiger partial charge in [0.25, 0.3) is 11.8 Å². The first-order chi connectivity index (χ1) is 17.4. The van der Waals surface area contributed by atoms with Crippen LogP contribution in [0.5, 0.6) is 5.75 Å². The highest BCUT2D eigenvalue weighted by atomic mass is 16.5. The Morgan fingerprint density at radius 3 is 2.64 bits per heavy atom. The number of urea groups is 1. The normalized spacial score (nSPS) is 18.9. The molecule has 0 bridgehead atoms. The number of rotatable bonds is 5. The Labute approximate surface area is 203 Å². The lowest BCUT2D eigenvalue weighted by Gasteiger charge is -2.29. The minimum atomic E-state index is -1.62. The fourth-order valence-corrected chi connectivity index (χ4v) is 4.80. The standard InChI is InChI=1S/C26H20N4O6/c1-35-17-4-2-15-12-30(23(32)18(15)10-17)13-26(24(33)28-25(34)29-26)22-9-16-8-14(3-5-21(16)36-22)19-11-27-7-6-20(19)31/h2-11H,12-13H2,1H3,(H,27,31)(H2,28,29,33,34)/t26-/m0/s1. The van der Waals surface area contributed by atoms with Crippen molar-refractivity contribution in [2.45, 2.75) is 12.1 Å². The molecular weight excluding hydrogens is 464 g/mol. The van der Waals surface area contributed by atoms with E-state index in [4.69, 9.17) is 9.15 Å². The molecule has 2 aromatic carbocycles. The first-order valence-corrected chi connectivity index (χ1v) is 11.2. The number of fused-ring (bicyclic) bond motifs is 2. The number of nitrogens with one attached hydrogen (secondary N) is 3. The topological polar surface area (TPSA) is 134 Å². The SMILES string of the molecule is COc1ccc2c(c1)C(=O)N(C[C@@]1(c3cc4cc(-c5c[nH]ccc5=O)ccc4o3)NC(=O)NC1=O)C2. The van der Waals surface area contributed by atoms with Crippen molar-refractivity contribution in [2.24, 2.45) is 0 Å². The van der Waals surface area contributed by atoms with Crippen molar-refractivity contribution in [2.75, 3.05) is 13.7 Å². The number of methoxy groups -OCH3 is 1. The molecule has 10 heteroatoms. The Morgan fingerprint density at radius 2 is 1.89 bits per heavy atom. The van der Waals surface area contributed by atoms with Gasteiger partial charge in [0.2, 0.25) is 0 Å². The number of hydrogen-bond donors (Lipinski definition) is 3. The van der Waals surface area contributed by atoms with Gasteiger partial charge < -0.3 is 24.4 Å². The summed E-state index contributed by atoms with van der Waals surface area (Å²) in [5.41, 5.74) is 1.14. The zero-order valence-corrected chi connectivity index (χ0v) is 19.1. The number of benzene rings is 2. The van der Waals surface area contributed by atoms with Crippen LogP contribution < -0.4 is 20.8 Å². The van der Waals surface area contributed by atoms with E-state index in [1.807, 2.05) is 0 Å². The zero-order chi connectivity index (χ0) is 25.0. The summed E-state index contributed by atoms with van der Waals surface area (Å²) in [6.45, 7) is 0.135. The molecular formula is C26H20N4O6. The van der Waals surface area contributed by atoms with Crippen LogP contribution in [-0.4, -0.2) is 41.4 Å². The summed E-state index contributed by atoms with van der Waals surface area (Å²) in [4.78, 5) is 55.2. The molecule has 6 rings (SSSR count). The maximum Gasteiger partial charge on any atom is 0.322 e. The summed E-state index contributed by atoms with van der Waals surface area (Å²) in [5.74, 6) is -0.163. The van der Waals surface area contributed by atoms with Gasteiger partial charge in [-0.3, -0.25) is 19.7 Å². The molecule has 0 radical (unpaired) electrons. The zero-order valence-electron chi connectivity index (χ0n) is 19.1. The minimum Gasteiger partial charge on any atom is -0.497 e. The highest BCUT2D eigenvalue weighted by molar-refractivity contribution is 6.08.